The van der Waals surface area contributed by atoms with E-state index in [4.69, 9.17) is 34.0 Å². The van der Waals surface area contributed by atoms with Crippen LogP contribution in [0.1, 0.15) is 33.5 Å². The maximum absolute atomic E-state index is 12.6. The fourth-order valence-corrected chi connectivity index (χ4v) is 7.38. The average molecular weight is 718 g/mol. The van der Waals surface area contributed by atoms with Gasteiger partial charge in [-0.2, -0.15) is 16.9 Å². The molecule has 0 saturated carbocycles. The molecular weight excluding hydrogens is 679 g/mol. The van der Waals surface area contributed by atoms with Gasteiger partial charge in [0.05, 0.1) is 29.9 Å². The molecule has 1 aromatic heterocycles. The van der Waals surface area contributed by atoms with Gasteiger partial charge in [-0.25, -0.2) is 0 Å². The average Bonchev–Trinajstić information content (AvgIpc) is 3.46. The van der Waals surface area contributed by atoms with Gasteiger partial charge in [-0.05, 0) is 47.5 Å². The number of benzene rings is 3. The summed E-state index contributed by atoms with van der Waals surface area (Å²) in [5.74, 6) is 6.86. The molecule has 0 bridgehead atoms. The minimum absolute atomic E-state index is 0.191. The summed E-state index contributed by atoms with van der Waals surface area (Å²) in [6.45, 7) is 4.79. The monoisotopic (exact) mass is 716 g/mol. The fraction of sp³-hybridized carbons (Fsp3) is 0.324. The molecule has 3 aromatic carbocycles. The van der Waals surface area contributed by atoms with Gasteiger partial charge in [-0.1, -0.05) is 65.4 Å². The molecule has 0 unspecified atom stereocenters. The number of amides is 2. The zero-order valence-corrected chi connectivity index (χ0v) is 29.3. The Bertz CT molecular complexity index is 1860. The van der Waals surface area contributed by atoms with Crippen LogP contribution in [0.15, 0.2) is 66.7 Å². The van der Waals surface area contributed by atoms with Crippen LogP contribution in [0.3, 0.4) is 0 Å². The van der Waals surface area contributed by atoms with Gasteiger partial charge in [0.2, 0.25) is 0 Å². The lowest BCUT2D eigenvalue weighted by atomic mass is 9.99. The number of carbonyl (C=O) groups is 2. The van der Waals surface area contributed by atoms with Gasteiger partial charge in [0.15, 0.2) is 0 Å². The summed E-state index contributed by atoms with van der Waals surface area (Å²) in [4.78, 5) is 28.0. The summed E-state index contributed by atoms with van der Waals surface area (Å²) in [5, 5.41) is 20.7. The zero-order valence-electron chi connectivity index (χ0n) is 27.0. The van der Waals surface area contributed by atoms with Crippen LogP contribution in [-0.2, 0) is 42.2 Å². The van der Waals surface area contributed by atoms with Crippen LogP contribution >= 0.6 is 35.0 Å². The lowest BCUT2D eigenvalue weighted by Crippen LogP contribution is -2.43. The van der Waals surface area contributed by atoms with E-state index in [2.05, 4.69) is 22.1 Å². The number of aliphatic hydroxyl groups is 1. The van der Waals surface area contributed by atoms with Crippen molar-refractivity contribution in [3.05, 3.63) is 110 Å². The number of aliphatic hydroxyl groups excluding tert-OH is 1. The molecule has 9 nitrogen and oxygen atoms in total. The van der Waals surface area contributed by atoms with E-state index < -0.39 is 17.9 Å². The molecule has 0 radical (unpaired) electrons. The first-order valence-corrected chi connectivity index (χ1v) is 18.2. The number of nitrogens with two attached hydrogens (primary N) is 1. The van der Waals surface area contributed by atoms with Crippen molar-refractivity contribution in [3.63, 3.8) is 0 Å². The number of rotatable bonds is 9. The molecule has 2 aliphatic rings. The highest BCUT2D eigenvalue weighted by Gasteiger charge is 2.31. The summed E-state index contributed by atoms with van der Waals surface area (Å²) in [6, 6.07) is 21.4. The number of nitrogens with one attached hydrogen (secondary N) is 1. The largest absolute Gasteiger partial charge is 0.390 e. The highest BCUT2D eigenvalue weighted by molar-refractivity contribution is 7.99. The van der Waals surface area contributed by atoms with E-state index in [1.165, 1.54) is 10.5 Å². The fourth-order valence-electron chi connectivity index (χ4n) is 6.11. The van der Waals surface area contributed by atoms with Crippen LogP contribution in [0.2, 0.25) is 10.0 Å². The standard InChI is InChI=1S/C37H38Cl2N6O3S/c38-30-10-6-27(7-11-30)21-41-20-26-3-1-25(2-4-26)5-8-28-19-29(9-12-33(28)39)35-32-24-44(37(48)36(40)47)14-13-34(32)45(42-35)23-31(46)22-43-15-17-49-18-16-43/h1-4,6-7,9-12,19,31,41,46H,13-18,20-24H2,(H2,40,47)/t31-/m1/s1. The molecule has 6 rings (SSSR count). The second-order valence-corrected chi connectivity index (χ2v) is 14.3. The highest BCUT2D eigenvalue weighted by atomic mass is 35.5. The molecule has 12 heteroatoms. The first-order chi connectivity index (χ1) is 23.7. The van der Waals surface area contributed by atoms with Gasteiger partial charge in [0, 0.05) is 90.2 Å². The Morgan fingerprint density at radius 2 is 1.63 bits per heavy atom. The number of thioether (sulfide) groups is 1. The minimum Gasteiger partial charge on any atom is -0.390 e. The van der Waals surface area contributed by atoms with E-state index in [1.54, 1.807) is 6.07 Å². The van der Waals surface area contributed by atoms with Gasteiger partial charge in [0.25, 0.3) is 0 Å². The maximum Gasteiger partial charge on any atom is 0.311 e. The van der Waals surface area contributed by atoms with E-state index in [1.807, 2.05) is 77.1 Å². The SMILES string of the molecule is NC(=O)C(=O)N1CCc2c(c(-c3ccc(Cl)c(C#Cc4ccc(CNCc5ccc(Cl)cc5)cc4)c3)nn2C[C@H](O)CN2CCSCC2)C1. The van der Waals surface area contributed by atoms with Gasteiger partial charge >= 0.3 is 11.8 Å². The lowest BCUT2D eigenvalue weighted by Gasteiger charge is -2.29. The number of β-amino-alcohol motifs (C(OH)–C–C–N with tert-alkyl or cyclic N) is 1. The quantitative estimate of drug-likeness (QED) is 0.175. The molecule has 3 heterocycles. The van der Waals surface area contributed by atoms with Gasteiger partial charge in [-0.3, -0.25) is 19.2 Å². The number of halogens is 2. The smallest absolute Gasteiger partial charge is 0.311 e. The molecule has 4 aromatic rings. The van der Waals surface area contributed by atoms with E-state index in [0.717, 1.165) is 70.7 Å². The Morgan fingerprint density at radius 3 is 2.33 bits per heavy atom. The Balaban J connectivity index is 1.20. The second-order valence-electron chi connectivity index (χ2n) is 12.2. The van der Waals surface area contributed by atoms with Crippen molar-refractivity contribution >= 4 is 46.8 Å². The summed E-state index contributed by atoms with van der Waals surface area (Å²) < 4.78 is 1.85. The molecule has 1 fully saturated rings. The number of fused-ring (bicyclic) bond motifs is 1. The highest BCUT2D eigenvalue weighted by Crippen LogP contribution is 2.32. The van der Waals surface area contributed by atoms with Crippen molar-refractivity contribution in [2.45, 2.75) is 38.7 Å². The number of nitrogens with zero attached hydrogens (tertiary/aromatic N) is 4. The number of aromatic nitrogens is 2. The molecule has 1 saturated heterocycles. The number of primary amides is 1. The number of carbonyl (C=O) groups excluding carboxylic acids is 2. The van der Waals surface area contributed by atoms with Crippen molar-refractivity contribution in [1.29, 1.82) is 0 Å². The Hall–Kier alpha value is -3.82. The molecule has 1 atom stereocenters. The van der Waals surface area contributed by atoms with Crippen LogP contribution in [0, 0.1) is 11.8 Å². The first kappa shape index (κ1) is 35.0. The predicted octanol–water partition coefficient (Wildman–Crippen LogP) is 4.33. The first-order valence-electron chi connectivity index (χ1n) is 16.2. The third-order valence-corrected chi connectivity index (χ3v) is 10.2. The van der Waals surface area contributed by atoms with Crippen LogP contribution in [0.5, 0.6) is 0 Å². The molecule has 4 N–H and O–H groups in total. The normalized spacial score (nSPS) is 15.3. The van der Waals surface area contributed by atoms with E-state index >= 15 is 0 Å². The summed E-state index contributed by atoms with van der Waals surface area (Å²) in [7, 11) is 0. The Kier molecular flexibility index (Phi) is 11.6. The maximum atomic E-state index is 12.6. The molecule has 254 valence electrons. The van der Waals surface area contributed by atoms with Crippen molar-refractivity contribution in [1.82, 2.24) is 24.9 Å². The molecule has 2 amide bonds. The van der Waals surface area contributed by atoms with Crippen molar-refractivity contribution in [2.24, 2.45) is 5.73 Å². The zero-order chi connectivity index (χ0) is 34.3. The Labute approximate surface area is 300 Å². The molecular formula is C37H38Cl2N6O3S. The summed E-state index contributed by atoms with van der Waals surface area (Å²) in [5.41, 5.74) is 12.3. The van der Waals surface area contributed by atoms with Gasteiger partial charge in [0.1, 0.15) is 0 Å². The van der Waals surface area contributed by atoms with Gasteiger partial charge in [-0.15, -0.1) is 0 Å². The molecule has 0 aliphatic carbocycles. The summed E-state index contributed by atoms with van der Waals surface area (Å²) in [6.07, 6.45) is -0.121. The number of hydrogen-bond donors (Lipinski definition) is 3. The second kappa shape index (κ2) is 16.3. The predicted molar refractivity (Wildman–Crippen MR) is 195 cm³/mol. The number of hydrogen-bond acceptors (Lipinski definition) is 7. The van der Waals surface area contributed by atoms with Crippen molar-refractivity contribution < 1.29 is 14.7 Å². The van der Waals surface area contributed by atoms with Gasteiger partial charge < -0.3 is 21.1 Å². The van der Waals surface area contributed by atoms with Crippen LogP contribution in [-0.4, -0.2) is 80.3 Å². The van der Waals surface area contributed by atoms with Crippen molar-refractivity contribution in [2.75, 3.05) is 37.7 Å². The van der Waals surface area contributed by atoms with Crippen LogP contribution in [0.25, 0.3) is 11.3 Å². The third kappa shape index (κ3) is 9.05. The summed E-state index contributed by atoms with van der Waals surface area (Å²) >= 11 is 14.5. The van der Waals surface area contributed by atoms with E-state index in [-0.39, 0.29) is 6.54 Å². The molecule has 2 aliphatic heterocycles. The topological polar surface area (TPSA) is 117 Å². The van der Waals surface area contributed by atoms with Crippen LogP contribution < -0.4 is 11.1 Å². The lowest BCUT2D eigenvalue weighted by molar-refractivity contribution is -0.144. The third-order valence-electron chi connectivity index (χ3n) is 8.70. The minimum atomic E-state index is -0.987. The molecule has 0 spiro atoms. The van der Waals surface area contributed by atoms with Crippen molar-refractivity contribution in [3.8, 4) is 23.1 Å². The molecule has 49 heavy (non-hydrogen) atoms. The Morgan fingerprint density at radius 1 is 0.939 bits per heavy atom. The van der Waals surface area contributed by atoms with E-state index in [9.17, 15) is 14.7 Å². The van der Waals surface area contributed by atoms with Crippen LogP contribution in [0.4, 0.5) is 0 Å². The van der Waals surface area contributed by atoms with E-state index in [0.29, 0.717) is 42.3 Å².